The monoisotopic (exact) mass is 1070 g/mol. The lowest BCUT2D eigenvalue weighted by Gasteiger charge is -2.44. The number of carbonyl (C=O) groups is 3. The molecule has 3 atom stereocenters. The first-order valence-corrected chi connectivity index (χ1v) is 27.8. The van der Waals surface area contributed by atoms with Gasteiger partial charge in [-0.2, -0.15) is 4.98 Å². The first-order valence-electron chi connectivity index (χ1n) is 24.7. The number of methoxy groups -OCH3 is 1. The van der Waals surface area contributed by atoms with Crippen LogP contribution >= 0.6 is 22.9 Å². The quantitative estimate of drug-likeness (QED) is 0.0670. The summed E-state index contributed by atoms with van der Waals surface area (Å²) in [7, 11) is -0.438. The van der Waals surface area contributed by atoms with Gasteiger partial charge in [-0.25, -0.2) is 18.4 Å². The third-order valence-corrected chi connectivity index (χ3v) is 16.2. The van der Waals surface area contributed by atoms with Gasteiger partial charge in [0.15, 0.2) is 5.82 Å². The zero-order chi connectivity index (χ0) is 52.9. The van der Waals surface area contributed by atoms with E-state index < -0.39 is 33.6 Å². The van der Waals surface area contributed by atoms with E-state index >= 15 is 0 Å². The molecule has 0 bridgehead atoms. The van der Waals surface area contributed by atoms with Crippen LogP contribution < -0.4 is 35.2 Å². The highest BCUT2D eigenvalue weighted by atomic mass is 35.5. The van der Waals surface area contributed by atoms with E-state index in [2.05, 4.69) is 50.9 Å². The van der Waals surface area contributed by atoms with Gasteiger partial charge in [-0.05, 0) is 60.1 Å². The summed E-state index contributed by atoms with van der Waals surface area (Å²) < 4.78 is 31.6. The number of halogens is 1. The van der Waals surface area contributed by atoms with Crippen molar-refractivity contribution in [1.82, 2.24) is 40.3 Å². The third-order valence-electron chi connectivity index (χ3n) is 13.8. The highest BCUT2D eigenvalue weighted by molar-refractivity contribution is 7.92. The van der Waals surface area contributed by atoms with Crippen molar-refractivity contribution in [1.29, 1.82) is 0 Å². The zero-order valence-corrected chi connectivity index (χ0v) is 45.4. The van der Waals surface area contributed by atoms with Crippen molar-refractivity contribution < 1.29 is 32.6 Å². The third kappa shape index (κ3) is 13.4. The second-order valence-electron chi connectivity index (χ2n) is 20.5. The number of aromatic nitrogens is 3. The van der Waals surface area contributed by atoms with Crippen LogP contribution in [0.15, 0.2) is 78.4 Å². The number of aliphatic hydroxyl groups excluding tert-OH is 1. The van der Waals surface area contributed by atoms with E-state index in [0.29, 0.717) is 35.3 Å². The minimum absolute atomic E-state index is 0.0496. The number of aryl methyl sites for hydroxylation is 1. The van der Waals surface area contributed by atoms with Gasteiger partial charge in [-0.1, -0.05) is 68.8 Å². The molecule has 22 heteroatoms. The van der Waals surface area contributed by atoms with Crippen molar-refractivity contribution in [2.45, 2.75) is 65.3 Å². The molecule has 8 rings (SSSR count). The molecule has 3 aliphatic heterocycles. The Labute approximate surface area is 442 Å². The topological polar surface area (TPSA) is 218 Å². The molecule has 3 aromatic carbocycles. The summed E-state index contributed by atoms with van der Waals surface area (Å²) >= 11 is 8.08. The van der Waals surface area contributed by atoms with Crippen LogP contribution in [0.4, 0.5) is 34.5 Å². The number of hydrogen-bond donors (Lipinski definition) is 5. The molecule has 396 valence electrons. The molecule has 0 saturated carbocycles. The number of ether oxygens (including phenoxy) is 1. The van der Waals surface area contributed by atoms with Crippen LogP contribution in [0.5, 0.6) is 5.75 Å². The summed E-state index contributed by atoms with van der Waals surface area (Å²) in [6.45, 7) is 14.2. The summed E-state index contributed by atoms with van der Waals surface area (Å²) in [6.07, 6.45) is 2.17. The van der Waals surface area contributed by atoms with Gasteiger partial charge in [0.25, 0.3) is 0 Å². The van der Waals surface area contributed by atoms with Crippen molar-refractivity contribution in [3.8, 4) is 16.2 Å². The number of likely N-dealkylation sites (tertiary alicyclic amines) is 2. The normalized spacial score (nSPS) is 18.1. The Kier molecular flexibility index (Phi) is 17.0. The second kappa shape index (κ2) is 23.2. The molecule has 3 saturated heterocycles. The predicted octanol–water partition coefficient (Wildman–Crippen LogP) is 5.71. The van der Waals surface area contributed by atoms with E-state index in [1.165, 1.54) is 17.5 Å². The van der Waals surface area contributed by atoms with Gasteiger partial charge in [0, 0.05) is 90.2 Å². The van der Waals surface area contributed by atoms with E-state index in [0.717, 1.165) is 79.5 Å². The molecular formula is C52H67ClN12O7S2. The Bertz CT molecular complexity index is 2910. The maximum Gasteiger partial charge on any atom is 0.246 e. The fourth-order valence-electron chi connectivity index (χ4n) is 9.67. The lowest BCUT2D eigenvalue weighted by Crippen LogP contribution is -2.60. The van der Waals surface area contributed by atoms with E-state index in [9.17, 15) is 27.9 Å². The lowest BCUT2D eigenvalue weighted by molar-refractivity contribution is -0.141. The number of thiazole rings is 1. The molecule has 5 aromatic rings. The molecular weight excluding hydrogens is 1000 g/mol. The van der Waals surface area contributed by atoms with Crippen LogP contribution in [0.1, 0.15) is 44.9 Å². The van der Waals surface area contributed by atoms with Gasteiger partial charge in [0.1, 0.15) is 16.8 Å². The smallest absolute Gasteiger partial charge is 0.246 e. The summed E-state index contributed by atoms with van der Waals surface area (Å²) in [4.78, 5) is 63.8. The van der Waals surface area contributed by atoms with Crippen molar-refractivity contribution >= 4 is 85.2 Å². The second-order valence-corrected chi connectivity index (χ2v) is 23.7. The Hall–Kier alpha value is -6.10. The SMILES string of the molecule is COc1cc(N2CCN(CC3CN(CC(=O)N[C@H](C(=O)N4C[C@H](O)C[C@H]4CC(=O)NCc4ccc(-c5scnc5C)cc4)C(C)(C)C)C3)CC2)ccc1Nc1ncc(Cl)c(Nc2ccccc2N(C)S(C)(=O)=O)n1. The highest BCUT2D eigenvalue weighted by Gasteiger charge is 2.43. The maximum absolute atomic E-state index is 14.2. The summed E-state index contributed by atoms with van der Waals surface area (Å²) in [5, 5.41) is 23.3. The van der Waals surface area contributed by atoms with Crippen molar-refractivity contribution in [3.05, 3.63) is 94.7 Å². The standard InChI is InChI=1S/C52H67ClN12O7S2/c1-33-47(73-32-56-33)36-14-12-34(13-15-36)25-54-45(67)24-38-22-39(66)30-65(38)50(69)48(52(2,3)4)59-46(68)31-63-28-35(29-63)27-62-18-20-64(21-19-62)37-16-17-42(44(23-37)72-6)58-51-55-26-40(53)49(60-51)57-41-10-8-9-11-43(41)61(5)74(7,70)71/h8-17,23,26,32,35,38-39,48,66H,18-22,24-25,27-31H2,1-7H3,(H,54,67)(H,59,68)(H2,55,57,58,60)/t38-,39+,48+/m0/s1. The lowest BCUT2D eigenvalue weighted by atomic mass is 9.85. The maximum atomic E-state index is 14.2. The van der Waals surface area contributed by atoms with E-state index in [1.807, 2.05) is 75.7 Å². The number of aliphatic hydroxyl groups is 1. The minimum atomic E-state index is -3.52. The molecule has 5 heterocycles. The summed E-state index contributed by atoms with van der Waals surface area (Å²) in [5.41, 5.74) is 6.81. The Morgan fingerprint density at radius 2 is 1.68 bits per heavy atom. The van der Waals surface area contributed by atoms with Crippen LogP contribution in [0, 0.1) is 18.3 Å². The average molecular weight is 1070 g/mol. The number of amides is 3. The first kappa shape index (κ1) is 54.2. The Morgan fingerprint density at radius 3 is 2.35 bits per heavy atom. The molecule has 19 nitrogen and oxygen atoms in total. The molecule has 5 N–H and O–H groups in total. The molecule has 3 fully saturated rings. The number of nitrogens with zero attached hydrogens (tertiary/aromatic N) is 8. The molecule has 74 heavy (non-hydrogen) atoms. The molecule has 3 amide bonds. The van der Waals surface area contributed by atoms with Crippen molar-refractivity contribution in [2.75, 3.05) is 99.2 Å². The van der Waals surface area contributed by atoms with Gasteiger partial charge in [-0.3, -0.25) is 28.5 Å². The number of rotatable bonds is 19. The van der Waals surface area contributed by atoms with E-state index in [4.69, 9.17) is 16.3 Å². The van der Waals surface area contributed by atoms with E-state index in [1.54, 1.807) is 47.6 Å². The van der Waals surface area contributed by atoms with Gasteiger partial charge in [-0.15, -0.1) is 11.3 Å². The molecule has 3 aliphatic rings. The van der Waals surface area contributed by atoms with Crippen LogP contribution in [0.2, 0.25) is 5.02 Å². The highest BCUT2D eigenvalue weighted by Crippen LogP contribution is 2.36. The number of sulfonamides is 1. The predicted molar refractivity (Wildman–Crippen MR) is 291 cm³/mol. The summed E-state index contributed by atoms with van der Waals surface area (Å²) in [5.74, 6) is 0.834. The largest absolute Gasteiger partial charge is 0.494 e. The van der Waals surface area contributed by atoms with Crippen LogP contribution in [0.25, 0.3) is 10.4 Å². The molecule has 0 unspecified atom stereocenters. The Balaban J connectivity index is 0.774. The Morgan fingerprint density at radius 1 is 0.946 bits per heavy atom. The first-order chi connectivity index (χ1) is 35.2. The van der Waals surface area contributed by atoms with Crippen LogP contribution in [-0.2, 0) is 31.0 Å². The zero-order valence-electron chi connectivity index (χ0n) is 43.0. The average Bonchev–Trinajstić information content (AvgIpc) is 3.96. The number of para-hydroxylation sites is 2. The van der Waals surface area contributed by atoms with E-state index in [-0.39, 0.29) is 60.4 Å². The van der Waals surface area contributed by atoms with Gasteiger partial charge in [0.05, 0.1) is 65.4 Å². The number of carbonyl (C=O) groups excluding carboxylic acids is 3. The number of benzene rings is 3. The number of anilines is 6. The molecule has 0 radical (unpaired) electrons. The summed E-state index contributed by atoms with van der Waals surface area (Å²) in [6, 6.07) is 19.6. The molecule has 0 spiro atoms. The molecule has 0 aliphatic carbocycles. The van der Waals surface area contributed by atoms with Gasteiger partial charge >= 0.3 is 0 Å². The van der Waals surface area contributed by atoms with Crippen molar-refractivity contribution in [2.24, 2.45) is 11.3 Å². The number of piperazine rings is 1. The van der Waals surface area contributed by atoms with Crippen LogP contribution in [-0.4, -0.2) is 158 Å². The molecule has 2 aromatic heterocycles. The fraction of sp³-hybridized carbons (Fsp3) is 0.462. The number of β-amino-alcohol motifs (C(OH)–C–C–N with tert-alkyl or cyclic N) is 1. The van der Waals surface area contributed by atoms with Gasteiger partial charge < -0.3 is 40.9 Å². The van der Waals surface area contributed by atoms with Gasteiger partial charge in [0.2, 0.25) is 33.7 Å². The fourth-order valence-corrected chi connectivity index (χ4v) is 11.1. The number of hydrogen-bond acceptors (Lipinski definition) is 16. The van der Waals surface area contributed by atoms with Crippen molar-refractivity contribution in [3.63, 3.8) is 0 Å². The van der Waals surface area contributed by atoms with Crippen LogP contribution in [0.3, 0.4) is 0 Å². The number of nitrogens with one attached hydrogen (secondary N) is 4. The minimum Gasteiger partial charge on any atom is -0.494 e.